The average Bonchev–Trinajstić information content (AvgIpc) is 2.26. The van der Waals surface area contributed by atoms with Gasteiger partial charge in [0.2, 0.25) is 5.95 Å². The van der Waals surface area contributed by atoms with Gasteiger partial charge in [-0.15, -0.1) is 0 Å². The number of nitrogen functional groups attached to an aromatic ring is 1. The fraction of sp³-hybridized carbons (Fsp3) is 0. The van der Waals surface area contributed by atoms with Crippen molar-refractivity contribution in [1.82, 2.24) is 9.97 Å². The predicted molar refractivity (Wildman–Crippen MR) is 65.3 cm³/mol. The van der Waals surface area contributed by atoms with E-state index in [1.165, 1.54) is 0 Å². The molecule has 0 aliphatic carbocycles. The van der Waals surface area contributed by atoms with Crippen LogP contribution >= 0.6 is 23.4 Å². The zero-order valence-electron chi connectivity index (χ0n) is 8.07. The molecule has 1 aromatic carbocycles. The van der Waals surface area contributed by atoms with E-state index in [9.17, 15) is 0 Å². The minimum atomic E-state index is 0.261. The minimum absolute atomic E-state index is 0.261. The first kappa shape index (κ1) is 9.74. The van der Waals surface area contributed by atoms with Crippen molar-refractivity contribution < 1.29 is 0 Å². The van der Waals surface area contributed by atoms with Crippen LogP contribution in [0.15, 0.2) is 34.2 Å². The number of nitrogens with one attached hydrogen (secondary N) is 1. The first-order chi connectivity index (χ1) is 7.72. The third-order valence-electron chi connectivity index (χ3n) is 2.19. The van der Waals surface area contributed by atoms with Crippen molar-refractivity contribution in [1.29, 1.82) is 0 Å². The molecular weight excluding hydrogens is 244 g/mol. The highest BCUT2D eigenvalue weighted by Crippen LogP contribution is 2.43. The van der Waals surface area contributed by atoms with Crippen LogP contribution in [0.1, 0.15) is 0 Å². The Balaban J connectivity index is 2.10. The zero-order chi connectivity index (χ0) is 11.1. The molecule has 2 heterocycles. The molecule has 16 heavy (non-hydrogen) atoms. The summed E-state index contributed by atoms with van der Waals surface area (Å²) in [6.07, 6.45) is 1.72. The van der Waals surface area contributed by atoms with Crippen LogP contribution in [0.25, 0.3) is 0 Å². The van der Waals surface area contributed by atoms with Crippen molar-refractivity contribution in [2.45, 2.75) is 9.79 Å². The zero-order valence-corrected chi connectivity index (χ0v) is 9.64. The Hall–Kier alpha value is -1.46. The van der Waals surface area contributed by atoms with Crippen LogP contribution in [-0.2, 0) is 0 Å². The lowest BCUT2D eigenvalue weighted by Crippen LogP contribution is -2.05. The van der Waals surface area contributed by atoms with Gasteiger partial charge >= 0.3 is 0 Å². The van der Waals surface area contributed by atoms with Crippen molar-refractivity contribution >= 4 is 40.8 Å². The lowest BCUT2D eigenvalue weighted by Gasteiger charge is -2.19. The number of benzene rings is 1. The second-order valence-corrected chi connectivity index (χ2v) is 4.83. The number of hydrogen-bond acceptors (Lipinski definition) is 5. The Morgan fingerprint density at radius 3 is 3.06 bits per heavy atom. The highest BCUT2D eigenvalue weighted by atomic mass is 35.5. The molecule has 0 amide bonds. The summed E-state index contributed by atoms with van der Waals surface area (Å²) in [5.41, 5.74) is 6.48. The van der Waals surface area contributed by atoms with E-state index in [-0.39, 0.29) is 5.95 Å². The summed E-state index contributed by atoms with van der Waals surface area (Å²) in [5, 5.41) is 3.88. The Labute approximate surface area is 101 Å². The van der Waals surface area contributed by atoms with Gasteiger partial charge in [0.1, 0.15) is 5.82 Å². The van der Waals surface area contributed by atoms with E-state index >= 15 is 0 Å². The maximum Gasteiger partial charge on any atom is 0.222 e. The molecule has 1 aliphatic heterocycles. The Morgan fingerprint density at radius 2 is 2.19 bits per heavy atom. The van der Waals surface area contributed by atoms with Crippen LogP contribution in [0, 0.1) is 0 Å². The number of rotatable bonds is 0. The van der Waals surface area contributed by atoms with Gasteiger partial charge in [-0.1, -0.05) is 23.4 Å². The molecule has 1 aromatic heterocycles. The number of nitrogens with two attached hydrogens (primary N) is 1. The lowest BCUT2D eigenvalue weighted by atomic mass is 10.3. The smallest absolute Gasteiger partial charge is 0.222 e. The van der Waals surface area contributed by atoms with Crippen molar-refractivity contribution in [2.24, 2.45) is 0 Å². The summed E-state index contributed by atoms with van der Waals surface area (Å²) >= 11 is 7.53. The van der Waals surface area contributed by atoms with Crippen molar-refractivity contribution in [3.8, 4) is 0 Å². The van der Waals surface area contributed by atoms with Crippen molar-refractivity contribution in [2.75, 3.05) is 11.1 Å². The molecule has 3 N–H and O–H groups in total. The molecule has 0 fully saturated rings. The molecule has 0 saturated carbocycles. The van der Waals surface area contributed by atoms with Gasteiger partial charge in [0.15, 0.2) is 0 Å². The standard InChI is InChI=1S/C10H7ClN4S/c11-5-1-2-7-6(3-5)14-9-8(16-7)4-13-10(12)15-9/h1-4H,(H3,12,13,14,15). The second-order valence-electron chi connectivity index (χ2n) is 3.31. The topological polar surface area (TPSA) is 63.8 Å². The van der Waals surface area contributed by atoms with E-state index in [1.54, 1.807) is 18.0 Å². The number of nitrogens with zero attached hydrogens (tertiary/aromatic N) is 2. The fourth-order valence-corrected chi connectivity index (χ4v) is 2.55. The molecular formula is C10H7ClN4S. The van der Waals surface area contributed by atoms with Crippen LogP contribution in [-0.4, -0.2) is 9.97 Å². The van der Waals surface area contributed by atoms with E-state index in [2.05, 4.69) is 15.3 Å². The number of fused-ring (bicyclic) bond motifs is 2. The summed E-state index contributed by atoms with van der Waals surface area (Å²) in [6.45, 7) is 0. The number of halogens is 1. The summed E-state index contributed by atoms with van der Waals surface area (Å²) in [6, 6.07) is 5.69. The summed E-state index contributed by atoms with van der Waals surface area (Å²) < 4.78 is 0. The quantitative estimate of drug-likeness (QED) is 0.642. The molecule has 2 aromatic rings. The van der Waals surface area contributed by atoms with Crippen LogP contribution in [0.5, 0.6) is 0 Å². The van der Waals surface area contributed by atoms with Gasteiger partial charge in [-0.25, -0.2) is 4.98 Å². The SMILES string of the molecule is Nc1ncc2c(n1)Nc1cc(Cl)ccc1S2. The number of aromatic nitrogens is 2. The van der Waals surface area contributed by atoms with E-state index < -0.39 is 0 Å². The van der Waals surface area contributed by atoms with Crippen LogP contribution in [0.4, 0.5) is 17.5 Å². The van der Waals surface area contributed by atoms with Gasteiger partial charge in [0, 0.05) is 16.1 Å². The maximum absolute atomic E-state index is 5.93. The van der Waals surface area contributed by atoms with E-state index in [0.717, 1.165) is 21.3 Å². The van der Waals surface area contributed by atoms with Crippen molar-refractivity contribution in [3.05, 3.63) is 29.4 Å². The Kier molecular flexibility index (Phi) is 2.15. The molecule has 3 rings (SSSR count). The van der Waals surface area contributed by atoms with E-state index in [1.807, 2.05) is 18.2 Å². The largest absolute Gasteiger partial charge is 0.368 e. The summed E-state index contributed by atoms with van der Waals surface area (Å²) in [5.74, 6) is 0.990. The third-order valence-corrected chi connectivity index (χ3v) is 3.52. The molecule has 0 bridgehead atoms. The van der Waals surface area contributed by atoms with Gasteiger partial charge in [-0.05, 0) is 18.2 Å². The Morgan fingerprint density at radius 1 is 1.31 bits per heavy atom. The van der Waals surface area contributed by atoms with Gasteiger partial charge in [0.05, 0.1) is 10.6 Å². The van der Waals surface area contributed by atoms with E-state index in [4.69, 9.17) is 17.3 Å². The van der Waals surface area contributed by atoms with Crippen LogP contribution < -0.4 is 11.1 Å². The lowest BCUT2D eigenvalue weighted by molar-refractivity contribution is 1.10. The first-order valence-electron chi connectivity index (χ1n) is 4.59. The highest BCUT2D eigenvalue weighted by Gasteiger charge is 2.17. The van der Waals surface area contributed by atoms with Gasteiger partial charge in [-0.3, -0.25) is 0 Å². The molecule has 6 heteroatoms. The monoisotopic (exact) mass is 250 g/mol. The van der Waals surface area contributed by atoms with Gasteiger partial charge < -0.3 is 11.1 Å². The fourth-order valence-electron chi connectivity index (χ4n) is 1.48. The molecule has 0 atom stereocenters. The molecule has 0 unspecified atom stereocenters. The molecule has 1 aliphatic rings. The summed E-state index contributed by atoms with van der Waals surface area (Å²) in [7, 11) is 0. The Bertz CT molecular complexity index is 523. The third kappa shape index (κ3) is 1.58. The number of anilines is 3. The second kappa shape index (κ2) is 3.54. The summed E-state index contributed by atoms with van der Waals surface area (Å²) in [4.78, 5) is 10.2. The van der Waals surface area contributed by atoms with Crippen molar-refractivity contribution in [3.63, 3.8) is 0 Å². The molecule has 4 nitrogen and oxygen atoms in total. The normalized spacial score (nSPS) is 12.6. The average molecular weight is 251 g/mol. The van der Waals surface area contributed by atoms with E-state index in [0.29, 0.717) is 5.02 Å². The van der Waals surface area contributed by atoms with Gasteiger partial charge in [0.25, 0.3) is 0 Å². The highest BCUT2D eigenvalue weighted by molar-refractivity contribution is 7.99. The van der Waals surface area contributed by atoms with Crippen LogP contribution in [0.2, 0.25) is 5.02 Å². The minimum Gasteiger partial charge on any atom is -0.368 e. The predicted octanol–water partition coefficient (Wildman–Crippen LogP) is 2.92. The van der Waals surface area contributed by atoms with Gasteiger partial charge in [-0.2, -0.15) is 4.98 Å². The van der Waals surface area contributed by atoms with Crippen LogP contribution in [0.3, 0.4) is 0 Å². The molecule has 0 spiro atoms. The molecule has 0 radical (unpaired) electrons. The maximum atomic E-state index is 5.93. The molecule has 80 valence electrons. The first-order valence-corrected chi connectivity index (χ1v) is 5.79. The molecule has 0 saturated heterocycles. The number of hydrogen-bond donors (Lipinski definition) is 2.